The second-order valence-electron chi connectivity index (χ2n) is 5.21. The van der Waals surface area contributed by atoms with Gasteiger partial charge in [0.25, 0.3) is 0 Å². The van der Waals surface area contributed by atoms with E-state index < -0.39 is 0 Å². The summed E-state index contributed by atoms with van der Waals surface area (Å²) in [5, 5.41) is 8.26. The Bertz CT molecular complexity index is 466. The fraction of sp³-hybridized carbons (Fsp3) is 0.714. The van der Waals surface area contributed by atoms with Gasteiger partial charge in [-0.2, -0.15) is 5.10 Å². The average Bonchev–Trinajstić information content (AvgIpc) is 2.75. The Morgan fingerprint density at radius 2 is 2.05 bits per heavy atom. The van der Waals surface area contributed by atoms with Crippen LogP contribution in [0, 0.1) is 6.92 Å². The van der Waals surface area contributed by atoms with E-state index in [4.69, 9.17) is 11.6 Å². The molecule has 1 amide bonds. The molecule has 5 nitrogen and oxygen atoms in total. The van der Waals surface area contributed by atoms with Crippen LogP contribution in [-0.4, -0.2) is 40.2 Å². The number of carbonyl (C=O) groups is 1. The molecule has 1 aliphatic heterocycles. The van der Waals surface area contributed by atoms with E-state index >= 15 is 0 Å². The highest BCUT2D eigenvalue weighted by atomic mass is 35.5. The van der Waals surface area contributed by atoms with Crippen molar-refractivity contribution in [3.05, 3.63) is 16.4 Å². The molecule has 0 saturated carbocycles. The fourth-order valence-corrected chi connectivity index (χ4v) is 2.78. The highest BCUT2D eigenvalue weighted by molar-refractivity contribution is 6.31. The van der Waals surface area contributed by atoms with Crippen LogP contribution in [0.3, 0.4) is 0 Å². The van der Waals surface area contributed by atoms with Gasteiger partial charge in [-0.15, -0.1) is 0 Å². The van der Waals surface area contributed by atoms with Gasteiger partial charge in [0.05, 0.1) is 23.0 Å². The number of nitrogens with one attached hydrogen (secondary N) is 1. The van der Waals surface area contributed by atoms with E-state index in [1.54, 1.807) is 0 Å². The fourth-order valence-electron chi connectivity index (χ4n) is 2.58. The predicted molar refractivity (Wildman–Crippen MR) is 79.8 cm³/mol. The third-order valence-electron chi connectivity index (χ3n) is 3.73. The largest absolute Gasteiger partial charge is 0.342 e. The van der Waals surface area contributed by atoms with Crippen molar-refractivity contribution in [1.29, 1.82) is 0 Å². The summed E-state index contributed by atoms with van der Waals surface area (Å²) in [5.74, 6) is 0.181. The average molecular weight is 299 g/mol. The van der Waals surface area contributed by atoms with Crippen LogP contribution in [-0.2, 0) is 17.9 Å². The summed E-state index contributed by atoms with van der Waals surface area (Å²) in [6.45, 7) is 7.45. The van der Waals surface area contributed by atoms with E-state index in [0.717, 1.165) is 43.9 Å². The van der Waals surface area contributed by atoms with Gasteiger partial charge in [0, 0.05) is 26.2 Å². The number of hydrogen-bond donors (Lipinski definition) is 1. The van der Waals surface area contributed by atoms with Crippen LogP contribution >= 0.6 is 11.6 Å². The third-order valence-corrected chi connectivity index (χ3v) is 4.22. The van der Waals surface area contributed by atoms with E-state index in [-0.39, 0.29) is 5.91 Å². The summed E-state index contributed by atoms with van der Waals surface area (Å²) in [6, 6.07) is 0. The number of aromatic nitrogens is 2. The predicted octanol–water partition coefficient (Wildman–Crippen LogP) is 1.97. The number of carbonyl (C=O) groups excluding carboxylic acids is 1. The van der Waals surface area contributed by atoms with Crippen LogP contribution < -0.4 is 5.32 Å². The molecule has 2 heterocycles. The molecule has 0 aromatic carbocycles. The van der Waals surface area contributed by atoms with Gasteiger partial charge in [0.2, 0.25) is 5.91 Å². The molecular formula is C14H23ClN4O. The molecule has 1 N–H and O–H groups in total. The maximum Gasteiger partial charge on any atom is 0.236 e. The first-order valence-corrected chi connectivity index (χ1v) is 7.71. The number of hydrogen-bond acceptors (Lipinski definition) is 3. The van der Waals surface area contributed by atoms with Crippen molar-refractivity contribution in [1.82, 2.24) is 20.0 Å². The van der Waals surface area contributed by atoms with Gasteiger partial charge in [0.15, 0.2) is 0 Å². The normalized spacial score (nSPS) is 15.7. The van der Waals surface area contributed by atoms with Crippen LogP contribution in [0.1, 0.15) is 37.6 Å². The highest BCUT2D eigenvalue weighted by Crippen LogP contribution is 2.19. The Morgan fingerprint density at radius 3 is 2.70 bits per heavy atom. The second-order valence-corrected chi connectivity index (χ2v) is 5.58. The molecule has 1 aliphatic rings. The molecule has 0 atom stereocenters. The highest BCUT2D eigenvalue weighted by Gasteiger charge is 2.17. The van der Waals surface area contributed by atoms with Gasteiger partial charge in [-0.3, -0.25) is 9.48 Å². The number of amides is 1. The van der Waals surface area contributed by atoms with Crippen LogP contribution in [0.15, 0.2) is 0 Å². The minimum atomic E-state index is 0.181. The Morgan fingerprint density at radius 1 is 1.35 bits per heavy atom. The third kappa shape index (κ3) is 3.52. The lowest BCUT2D eigenvalue weighted by atomic mass is 10.1. The van der Waals surface area contributed by atoms with E-state index in [1.807, 2.05) is 23.4 Å². The molecule has 1 fully saturated rings. The van der Waals surface area contributed by atoms with Gasteiger partial charge < -0.3 is 10.2 Å². The SMILES string of the molecule is CCn1nc(C)c(Cl)c1CNCC(=O)N1CCCCC1. The molecule has 20 heavy (non-hydrogen) atoms. The van der Waals surface area contributed by atoms with E-state index in [1.165, 1.54) is 6.42 Å². The minimum absolute atomic E-state index is 0.181. The maximum absolute atomic E-state index is 12.0. The Balaban J connectivity index is 1.85. The van der Waals surface area contributed by atoms with Crippen LogP contribution in [0.4, 0.5) is 0 Å². The smallest absolute Gasteiger partial charge is 0.236 e. The van der Waals surface area contributed by atoms with Gasteiger partial charge >= 0.3 is 0 Å². The molecule has 112 valence electrons. The molecule has 0 bridgehead atoms. The molecule has 2 rings (SSSR count). The van der Waals surface area contributed by atoms with Crippen LogP contribution in [0.2, 0.25) is 5.02 Å². The van der Waals surface area contributed by atoms with E-state index in [2.05, 4.69) is 10.4 Å². The number of nitrogens with zero attached hydrogens (tertiary/aromatic N) is 3. The summed E-state index contributed by atoms with van der Waals surface area (Å²) < 4.78 is 1.88. The van der Waals surface area contributed by atoms with Crippen molar-refractivity contribution < 1.29 is 4.79 Å². The lowest BCUT2D eigenvalue weighted by molar-refractivity contribution is -0.131. The van der Waals surface area contributed by atoms with Gasteiger partial charge in [-0.05, 0) is 33.1 Å². The number of aryl methyl sites for hydroxylation is 2. The summed E-state index contributed by atoms with van der Waals surface area (Å²) in [7, 11) is 0. The first-order chi connectivity index (χ1) is 9.63. The molecule has 1 aromatic heterocycles. The number of rotatable bonds is 5. The Labute approximate surface area is 125 Å². The lowest BCUT2D eigenvalue weighted by Gasteiger charge is -2.26. The quantitative estimate of drug-likeness (QED) is 0.904. The molecular weight excluding hydrogens is 276 g/mol. The molecule has 6 heteroatoms. The van der Waals surface area contributed by atoms with E-state index in [0.29, 0.717) is 18.1 Å². The molecule has 0 radical (unpaired) electrons. The summed E-state index contributed by atoms with van der Waals surface area (Å²) in [4.78, 5) is 14.0. The van der Waals surface area contributed by atoms with Crippen LogP contribution in [0.25, 0.3) is 0 Å². The molecule has 0 unspecified atom stereocenters. The number of likely N-dealkylation sites (tertiary alicyclic amines) is 1. The second kappa shape index (κ2) is 7.09. The molecule has 1 aromatic rings. The summed E-state index contributed by atoms with van der Waals surface area (Å²) in [6.07, 6.45) is 3.49. The molecule has 0 spiro atoms. The van der Waals surface area contributed by atoms with Crippen molar-refractivity contribution in [2.45, 2.75) is 46.2 Å². The topological polar surface area (TPSA) is 50.2 Å². The Kier molecular flexibility index (Phi) is 5.43. The Hall–Kier alpha value is -1.07. The standard InChI is InChI=1S/C14H23ClN4O/c1-3-19-12(14(15)11(2)17-19)9-16-10-13(20)18-7-5-4-6-8-18/h16H,3-10H2,1-2H3. The first-order valence-electron chi connectivity index (χ1n) is 7.33. The van der Waals surface area contributed by atoms with Crippen LogP contribution in [0.5, 0.6) is 0 Å². The van der Waals surface area contributed by atoms with Gasteiger partial charge in [-0.1, -0.05) is 11.6 Å². The van der Waals surface area contributed by atoms with Gasteiger partial charge in [0.1, 0.15) is 0 Å². The molecule has 0 aliphatic carbocycles. The zero-order valence-electron chi connectivity index (χ0n) is 12.3. The van der Waals surface area contributed by atoms with Crippen molar-refractivity contribution in [2.75, 3.05) is 19.6 Å². The van der Waals surface area contributed by atoms with Crippen molar-refractivity contribution >= 4 is 17.5 Å². The zero-order chi connectivity index (χ0) is 14.5. The first kappa shape index (κ1) is 15.3. The zero-order valence-corrected chi connectivity index (χ0v) is 13.0. The summed E-state index contributed by atoms with van der Waals surface area (Å²) in [5.41, 5.74) is 1.80. The summed E-state index contributed by atoms with van der Waals surface area (Å²) >= 11 is 6.24. The van der Waals surface area contributed by atoms with Crippen molar-refractivity contribution in [2.24, 2.45) is 0 Å². The molecule has 1 saturated heterocycles. The maximum atomic E-state index is 12.0. The number of piperidine rings is 1. The number of halogens is 1. The monoisotopic (exact) mass is 298 g/mol. The van der Waals surface area contributed by atoms with Crippen molar-refractivity contribution in [3.8, 4) is 0 Å². The van der Waals surface area contributed by atoms with Gasteiger partial charge in [-0.25, -0.2) is 0 Å². The van der Waals surface area contributed by atoms with Crippen molar-refractivity contribution in [3.63, 3.8) is 0 Å². The van der Waals surface area contributed by atoms with E-state index in [9.17, 15) is 4.79 Å². The minimum Gasteiger partial charge on any atom is -0.342 e. The lowest BCUT2D eigenvalue weighted by Crippen LogP contribution is -2.41.